The van der Waals surface area contributed by atoms with Crippen LogP contribution in [0.25, 0.3) is 0 Å². The molecular weight excluding hydrogens is 257 g/mol. The fraction of sp³-hybridized carbons (Fsp3) is 0.533. The number of aliphatic hydroxyl groups excluding tert-OH is 1. The molecule has 0 unspecified atom stereocenters. The van der Waals surface area contributed by atoms with Crippen LogP contribution in [0, 0.1) is 5.82 Å². The van der Waals surface area contributed by atoms with Crippen molar-refractivity contribution >= 4 is 5.84 Å². The molecule has 0 aliphatic carbocycles. The SMILES string of the molecule is CCCN(CCO)/N=C(\N)c1ccc(C(C)C)cc1F. The number of hydrogen-bond acceptors (Lipinski definition) is 3. The van der Waals surface area contributed by atoms with Crippen molar-refractivity contribution in [3.05, 3.63) is 35.1 Å². The van der Waals surface area contributed by atoms with E-state index in [-0.39, 0.29) is 24.2 Å². The number of rotatable bonds is 7. The van der Waals surface area contributed by atoms with Gasteiger partial charge in [-0.2, -0.15) is 5.10 Å². The highest BCUT2D eigenvalue weighted by molar-refractivity contribution is 5.97. The summed E-state index contributed by atoms with van der Waals surface area (Å²) in [5, 5.41) is 14.8. The minimum Gasteiger partial charge on any atom is -0.394 e. The van der Waals surface area contributed by atoms with Crippen LogP contribution < -0.4 is 5.73 Å². The molecule has 1 aromatic carbocycles. The van der Waals surface area contributed by atoms with Gasteiger partial charge >= 0.3 is 0 Å². The number of aliphatic hydroxyl groups is 1. The Morgan fingerprint density at radius 2 is 2.10 bits per heavy atom. The average molecular weight is 281 g/mol. The van der Waals surface area contributed by atoms with E-state index in [2.05, 4.69) is 5.10 Å². The zero-order valence-corrected chi connectivity index (χ0v) is 12.4. The second kappa shape index (κ2) is 7.85. The highest BCUT2D eigenvalue weighted by atomic mass is 19.1. The molecule has 4 nitrogen and oxygen atoms in total. The third kappa shape index (κ3) is 4.49. The van der Waals surface area contributed by atoms with E-state index in [1.54, 1.807) is 11.1 Å². The molecule has 1 aromatic rings. The second-order valence-electron chi connectivity index (χ2n) is 5.06. The molecule has 0 bridgehead atoms. The normalized spacial score (nSPS) is 12.0. The second-order valence-corrected chi connectivity index (χ2v) is 5.06. The van der Waals surface area contributed by atoms with Crippen LogP contribution >= 0.6 is 0 Å². The first-order valence-corrected chi connectivity index (χ1v) is 6.99. The third-order valence-electron chi connectivity index (χ3n) is 3.02. The van der Waals surface area contributed by atoms with Crippen LogP contribution in [0.2, 0.25) is 0 Å². The summed E-state index contributed by atoms with van der Waals surface area (Å²) in [6, 6.07) is 5.02. The van der Waals surface area contributed by atoms with Crippen molar-refractivity contribution in [1.29, 1.82) is 0 Å². The van der Waals surface area contributed by atoms with E-state index in [0.717, 1.165) is 12.0 Å². The monoisotopic (exact) mass is 281 g/mol. The van der Waals surface area contributed by atoms with Gasteiger partial charge in [0.2, 0.25) is 0 Å². The number of benzene rings is 1. The van der Waals surface area contributed by atoms with Crippen molar-refractivity contribution in [2.75, 3.05) is 19.7 Å². The third-order valence-corrected chi connectivity index (χ3v) is 3.02. The number of nitrogens with zero attached hydrogens (tertiary/aromatic N) is 2. The molecule has 0 aliphatic heterocycles. The van der Waals surface area contributed by atoms with E-state index in [0.29, 0.717) is 18.7 Å². The topological polar surface area (TPSA) is 61.8 Å². The molecule has 0 aromatic heterocycles. The smallest absolute Gasteiger partial charge is 0.153 e. The molecule has 0 amide bonds. The predicted octanol–water partition coefficient (Wildman–Crippen LogP) is 2.27. The standard InChI is InChI=1S/C15H24FN3O/c1-4-7-19(8-9-20)18-15(17)13-6-5-12(11(2)3)10-14(13)16/h5-6,10-11,20H,4,7-9H2,1-3H3,(H2,17,18). The molecule has 3 N–H and O–H groups in total. The largest absolute Gasteiger partial charge is 0.394 e. The number of nitrogens with two attached hydrogens (primary N) is 1. The average Bonchev–Trinajstić information content (AvgIpc) is 2.38. The van der Waals surface area contributed by atoms with Crippen molar-refractivity contribution in [2.45, 2.75) is 33.1 Å². The van der Waals surface area contributed by atoms with Gasteiger partial charge in [-0.25, -0.2) is 4.39 Å². The summed E-state index contributed by atoms with van der Waals surface area (Å²) >= 11 is 0. The van der Waals surface area contributed by atoms with Gasteiger partial charge in [0.05, 0.1) is 18.7 Å². The van der Waals surface area contributed by atoms with Crippen LogP contribution in [0.1, 0.15) is 44.2 Å². The number of hydrazone groups is 1. The van der Waals surface area contributed by atoms with Crippen molar-refractivity contribution in [1.82, 2.24) is 5.01 Å². The molecule has 0 aliphatic rings. The van der Waals surface area contributed by atoms with Crippen molar-refractivity contribution in [2.24, 2.45) is 10.8 Å². The quantitative estimate of drug-likeness (QED) is 0.458. The number of hydrogen-bond donors (Lipinski definition) is 2. The lowest BCUT2D eigenvalue weighted by Gasteiger charge is -2.18. The Bertz CT molecular complexity index is 454. The molecule has 0 heterocycles. The summed E-state index contributed by atoms with van der Waals surface area (Å²) < 4.78 is 14.1. The minimum absolute atomic E-state index is 0.00838. The zero-order valence-electron chi connectivity index (χ0n) is 12.4. The molecule has 0 saturated heterocycles. The predicted molar refractivity (Wildman–Crippen MR) is 80.2 cm³/mol. The maximum absolute atomic E-state index is 14.1. The lowest BCUT2D eigenvalue weighted by molar-refractivity contribution is 0.201. The summed E-state index contributed by atoms with van der Waals surface area (Å²) in [4.78, 5) is 0. The van der Waals surface area contributed by atoms with Gasteiger partial charge in [0.15, 0.2) is 5.84 Å². The Morgan fingerprint density at radius 1 is 1.40 bits per heavy atom. The van der Waals surface area contributed by atoms with E-state index in [9.17, 15) is 4.39 Å². The van der Waals surface area contributed by atoms with E-state index in [1.165, 1.54) is 6.07 Å². The highest BCUT2D eigenvalue weighted by Crippen LogP contribution is 2.18. The van der Waals surface area contributed by atoms with E-state index < -0.39 is 0 Å². The molecule has 20 heavy (non-hydrogen) atoms. The van der Waals surface area contributed by atoms with Gasteiger partial charge in [-0.15, -0.1) is 0 Å². The molecular formula is C15H24FN3O. The van der Waals surface area contributed by atoms with Gasteiger partial charge in [0.25, 0.3) is 0 Å². The first-order chi connectivity index (χ1) is 9.49. The molecule has 0 spiro atoms. The molecule has 1 rings (SSSR count). The first-order valence-electron chi connectivity index (χ1n) is 6.99. The summed E-state index contributed by atoms with van der Waals surface area (Å²) in [6.07, 6.45) is 0.881. The van der Waals surface area contributed by atoms with Gasteiger partial charge < -0.3 is 10.8 Å². The van der Waals surface area contributed by atoms with Gasteiger partial charge in [0.1, 0.15) is 5.82 Å². The van der Waals surface area contributed by atoms with Crippen LogP contribution in [0.15, 0.2) is 23.3 Å². The first kappa shape index (κ1) is 16.4. The maximum atomic E-state index is 14.1. The molecule has 0 fully saturated rings. The molecule has 112 valence electrons. The van der Waals surface area contributed by atoms with Gasteiger partial charge in [-0.05, 0) is 30.0 Å². The lowest BCUT2D eigenvalue weighted by Crippen LogP contribution is -2.27. The minimum atomic E-state index is -0.363. The van der Waals surface area contributed by atoms with Crippen molar-refractivity contribution < 1.29 is 9.50 Å². The Kier molecular flexibility index (Phi) is 6.45. The van der Waals surface area contributed by atoms with Gasteiger partial charge in [0, 0.05) is 6.54 Å². The van der Waals surface area contributed by atoms with E-state index >= 15 is 0 Å². The van der Waals surface area contributed by atoms with E-state index in [1.807, 2.05) is 26.8 Å². The molecule has 0 saturated carbocycles. The van der Waals surface area contributed by atoms with E-state index in [4.69, 9.17) is 10.8 Å². The van der Waals surface area contributed by atoms with Gasteiger partial charge in [-0.1, -0.05) is 26.8 Å². The Morgan fingerprint density at radius 3 is 2.60 bits per heavy atom. The maximum Gasteiger partial charge on any atom is 0.153 e. The van der Waals surface area contributed by atoms with Crippen LogP contribution in [0.4, 0.5) is 4.39 Å². The fourth-order valence-corrected chi connectivity index (χ4v) is 1.89. The lowest BCUT2D eigenvalue weighted by atomic mass is 10.0. The number of halogens is 1. The fourth-order valence-electron chi connectivity index (χ4n) is 1.89. The Balaban J connectivity index is 2.97. The number of amidine groups is 1. The summed E-state index contributed by atoms with van der Waals surface area (Å²) in [5.74, 6) is 0.0419. The Hall–Kier alpha value is -1.62. The molecule has 0 atom stereocenters. The van der Waals surface area contributed by atoms with Crippen molar-refractivity contribution in [3.63, 3.8) is 0 Å². The van der Waals surface area contributed by atoms with Crippen LogP contribution in [-0.4, -0.2) is 35.6 Å². The van der Waals surface area contributed by atoms with Crippen LogP contribution in [0.5, 0.6) is 0 Å². The zero-order chi connectivity index (χ0) is 15.1. The summed E-state index contributed by atoms with van der Waals surface area (Å²) in [6.45, 7) is 7.08. The molecule has 5 heteroatoms. The molecule has 0 radical (unpaired) electrons. The van der Waals surface area contributed by atoms with Gasteiger partial charge in [-0.3, -0.25) is 5.01 Å². The van der Waals surface area contributed by atoms with Crippen molar-refractivity contribution in [3.8, 4) is 0 Å². The summed E-state index contributed by atoms with van der Waals surface area (Å²) in [7, 11) is 0. The highest BCUT2D eigenvalue weighted by Gasteiger charge is 2.10. The van der Waals surface area contributed by atoms with Crippen LogP contribution in [-0.2, 0) is 0 Å². The van der Waals surface area contributed by atoms with Crippen LogP contribution in [0.3, 0.4) is 0 Å². The Labute approximate surface area is 120 Å². The summed E-state index contributed by atoms with van der Waals surface area (Å²) in [5.41, 5.74) is 7.10.